The number of nitrogens with zero attached hydrogens (tertiary/aromatic N) is 2. The van der Waals surface area contributed by atoms with Crippen molar-refractivity contribution in [3.8, 4) is 0 Å². The number of fused-ring (bicyclic) bond motifs is 1. The van der Waals surface area contributed by atoms with E-state index in [1.807, 2.05) is 18.2 Å². The van der Waals surface area contributed by atoms with E-state index in [1.165, 1.54) is 11.3 Å². The van der Waals surface area contributed by atoms with Crippen molar-refractivity contribution >= 4 is 32.9 Å². The van der Waals surface area contributed by atoms with Gasteiger partial charge in [-0.1, -0.05) is 0 Å². The van der Waals surface area contributed by atoms with Crippen LogP contribution in [0, 0.1) is 10.1 Å². The van der Waals surface area contributed by atoms with Crippen LogP contribution in [0.4, 0.5) is 11.4 Å². The SMILES string of the molecule is O=[N+]([O-])c1c(NCCc2ccco2)ccc2scnc12. The largest absolute Gasteiger partial charge is 0.469 e. The Balaban J connectivity index is 1.83. The van der Waals surface area contributed by atoms with Gasteiger partial charge in [0.25, 0.3) is 0 Å². The Bertz CT molecular complexity index is 736. The molecule has 20 heavy (non-hydrogen) atoms. The number of nitro benzene ring substituents is 1. The van der Waals surface area contributed by atoms with E-state index >= 15 is 0 Å². The second kappa shape index (κ2) is 5.30. The van der Waals surface area contributed by atoms with Crippen LogP contribution in [0.2, 0.25) is 0 Å². The molecule has 2 aromatic heterocycles. The first-order valence-corrected chi connectivity index (χ1v) is 6.90. The lowest BCUT2D eigenvalue weighted by Crippen LogP contribution is -2.06. The van der Waals surface area contributed by atoms with Gasteiger partial charge in [-0.2, -0.15) is 0 Å². The summed E-state index contributed by atoms with van der Waals surface area (Å²) < 4.78 is 6.04. The second-order valence-corrected chi connectivity index (χ2v) is 5.06. The van der Waals surface area contributed by atoms with E-state index in [1.54, 1.807) is 17.8 Å². The van der Waals surface area contributed by atoms with Crippen LogP contribution in [-0.4, -0.2) is 16.5 Å². The van der Waals surface area contributed by atoms with E-state index in [9.17, 15) is 10.1 Å². The van der Waals surface area contributed by atoms with Gasteiger partial charge in [-0.05, 0) is 24.3 Å². The summed E-state index contributed by atoms with van der Waals surface area (Å²) in [6, 6.07) is 7.26. The standard InChI is InChI=1S/C13H11N3O3S/c17-16(18)13-10(3-4-11-12(13)15-8-20-11)14-6-5-9-2-1-7-19-9/h1-4,7-8,14H,5-6H2. The maximum Gasteiger partial charge on any atom is 0.319 e. The van der Waals surface area contributed by atoms with Gasteiger partial charge in [-0.15, -0.1) is 11.3 Å². The van der Waals surface area contributed by atoms with Gasteiger partial charge in [0.1, 0.15) is 11.4 Å². The van der Waals surface area contributed by atoms with Crippen LogP contribution in [0.25, 0.3) is 10.2 Å². The summed E-state index contributed by atoms with van der Waals surface area (Å²) in [7, 11) is 0. The molecule has 102 valence electrons. The molecule has 0 aliphatic rings. The summed E-state index contributed by atoms with van der Waals surface area (Å²) in [5.74, 6) is 0.842. The number of benzene rings is 1. The molecule has 6 nitrogen and oxygen atoms in total. The molecular weight excluding hydrogens is 278 g/mol. The highest BCUT2D eigenvalue weighted by Gasteiger charge is 2.20. The molecule has 0 unspecified atom stereocenters. The van der Waals surface area contributed by atoms with Crippen molar-refractivity contribution in [2.24, 2.45) is 0 Å². The molecular formula is C13H11N3O3S. The monoisotopic (exact) mass is 289 g/mol. The van der Waals surface area contributed by atoms with Crippen LogP contribution in [0.3, 0.4) is 0 Å². The Morgan fingerprint density at radius 1 is 1.40 bits per heavy atom. The van der Waals surface area contributed by atoms with Gasteiger partial charge >= 0.3 is 5.69 Å². The van der Waals surface area contributed by atoms with Crippen LogP contribution >= 0.6 is 11.3 Å². The van der Waals surface area contributed by atoms with Crippen molar-refractivity contribution in [3.05, 3.63) is 51.9 Å². The maximum absolute atomic E-state index is 11.2. The van der Waals surface area contributed by atoms with Crippen LogP contribution in [0.5, 0.6) is 0 Å². The summed E-state index contributed by atoms with van der Waals surface area (Å²) in [6.07, 6.45) is 2.28. The average molecular weight is 289 g/mol. The molecule has 3 aromatic rings. The summed E-state index contributed by atoms with van der Waals surface area (Å²) in [4.78, 5) is 14.9. The summed E-state index contributed by atoms with van der Waals surface area (Å²) in [5, 5.41) is 14.3. The second-order valence-electron chi connectivity index (χ2n) is 4.17. The Kier molecular flexibility index (Phi) is 3.34. The number of aromatic nitrogens is 1. The summed E-state index contributed by atoms with van der Waals surface area (Å²) in [5.41, 5.74) is 2.57. The highest BCUT2D eigenvalue weighted by Crippen LogP contribution is 2.34. The van der Waals surface area contributed by atoms with Crippen molar-refractivity contribution in [1.29, 1.82) is 0 Å². The maximum atomic E-state index is 11.2. The van der Waals surface area contributed by atoms with Crippen LogP contribution in [0.15, 0.2) is 40.5 Å². The summed E-state index contributed by atoms with van der Waals surface area (Å²) in [6.45, 7) is 0.560. The van der Waals surface area contributed by atoms with Crippen molar-refractivity contribution < 1.29 is 9.34 Å². The Hall–Kier alpha value is -2.41. The zero-order valence-corrected chi connectivity index (χ0v) is 11.2. The third kappa shape index (κ3) is 2.35. The first-order valence-electron chi connectivity index (χ1n) is 6.02. The molecule has 7 heteroatoms. The molecule has 1 aromatic carbocycles. The lowest BCUT2D eigenvalue weighted by atomic mass is 10.2. The fourth-order valence-corrected chi connectivity index (χ4v) is 2.70. The molecule has 1 N–H and O–H groups in total. The molecule has 0 saturated carbocycles. The number of hydrogen-bond acceptors (Lipinski definition) is 6. The minimum atomic E-state index is -0.392. The Labute approximate surface area is 118 Å². The van der Waals surface area contributed by atoms with Crippen LogP contribution in [0.1, 0.15) is 5.76 Å². The van der Waals surface area contributed by atoms with E-state index in [0.717, 1.165) is 10.5 Å². The molecule has 0 fully saturated rings. The molecule has 2 heterocycles. The van der Waals surface area contributed by atoms with Crippen molar-refractivity contribution in [2.45, 2.75) is 6.42 Å². The number of anilines is 1. The number of nitro groups is 1. The molecule has 0 bridgehead atoms. The van der Waals surface area contributed by atoms with Gasteiger partial charge in [0.05, 0.1) is 21.4 Å². The number of furan rings is 1. The molecule has 0 radical (unpaired) electrons. The lowest BCUT2D eigenvalue weighted by Gasteiger charge is -2.06. The van der Waals surface area contributed by atoms with Gasteiger partial charge in [-0.3, -0.25) is 10.1 Å². The normalized spacial score (nSPS) is 10.8. The lowest BCUT2D eigenvalue weighted by molar-refractivity contribution is -0.382. The van der Waals surface area contributed by atoms with Crippen molar-refractivity contribution in [3.63, 3.8) is 0 Å². The number of thiazole rings is 1. The molecule has 3 rings (SSSR count). The highest BCUT2D eigenvalue weighted by molar-refractivity contribution is 7.16. The first kappa shape index (κ1) is 12.6. The highest BCUT2D eigenvalue weighted by atomic mass is 32.1. The molecule has 0 amide bonds. The van der Waals surface area contributed by atoms with E-state index in [0.29, 0.717) is 24.2 Å². The molecule has 0 spiro atoms. The van der Waals surface area contributed by atoms with E-state index in [4.69, 9.17) is 4.42 Å². The fourth-order valence-electron chi connectivity index (χ4n) is 2.02. The molecule has 0 aliphatic heterocycles. The van der Waals surface area contributed by atoms with Gasteiger partial charge in [0.2, 0.25) is 0 Å². The third-order valence-corrected chi connectivity index (χ3v) is 3.72. The summed E-state index contributed by atoms with van der Waals surface area (Å²) >= 11 is 1.39. The zero-order chi connectivity index (χ0) is 13.9. The van der Waals surface area contributed by atoms with E-state index < -0.39 is 4.92 Å². The number of rotatable bonds is 5. The Morgan fingerprint density at radius 3 is 3.05 bits per heavy atom. The zero-order valence-electron chi connectivity index (χ0n) is 10.4. The molecule has 0 atom stereocenters. The van der Waals surface area contributed by atoms with Gasteiger partial charge < -0.3 is 9.73 Å². The smallest absolute Gasteiger partial charge is 0.319 e. The van der Waals surface area contributed by atoms with Crippen molar-refractivity contribution in [2.75, 3.05) is 11.9 Å². The van der Waals surface area contributed by atoms with Gasteiger partial charge in [0.15, 0.2) is 5.52 Å². The average Bonchev–Trinajstić information content (AvgIpc) is 3.07. The van der Waals surface area contributed by atoms with E-state index in [2.05, 4.69) is 10.3 Å². The number of hydrogen-bond donors (Lipinski definition) is 1. The van der Waals surface area contributed by atoms with Crippen LogP contribution < -0.4 is 5.32 Å². The Morgan fingerprint density at radius 2 is 2.30 bits per heavy atom. The number of nitrogens with one attached hydrogen (secondary N) is 1. The minimum Gasteiger partial charge on any atom is -0.469 e. The molecule has 0 saturated heterocycles. The fraction of sp³-hybridized carbons (Fsp3) is 0.154. The minimum absolute atomic E-state index is 0.0307. The predicted octanol–water partition coefficient (Wildman–Crippen LogP) is 3.45. The first-order chi connectivity index (χ1) is 9.75. The van der Waals surface area contributed by atoms with E-state index in [-0.39, 0.29) is 5.69 Å². The van der Waals surface area contributed by atoms with Gasteiger partial charge in [0, 0.05) is 13.0 Å². The quantitative estimate of drug-likeness (QED) is 0.574. The molecule has 0 aliphatic carbocycles. The third-order valence-electron chi connectivity index (χ3n) is 2.93. The topological polar surface area (TPSA) is 81.2 Å². The van der Waals surface area contributed by atoms with Gasteiger partial charge in [-0.25, -0.2) is 4.98 Å². The van der Waals surface area contributed by atoms with Crippen LogP contribution in [-0.2, 0) is 6.42 Å². The van der Waals surface area contributed by atoms with Crippen molar-refractivity contribution in [1.82, 2.24) is 4.98 Å². The predicted molar refractivity (Wildman–Crippen MR) is 77.2 cm³/mol.